The number of benzene rings is 2. The summed E-state index contributed by atoms with van der Waals surface area (Å²) in [5.41, 5.74) is 6.58. The van der Waals surface area contributed by atoms with Crippen LogP contribution in [0.3, 0.4) is 0 Å². The van der Waals surface area contributed by atoms with E-state index in [1.807, 2.05) is 75.3 Å². The molecule has 1 heterocycles. The first-order valence-electron chi connectivity index (χ1n) is 9.20. The van der Waals surface area contributed by atoms with Gasteiger partial charge in [0.25, 0.3) is 5.91 Å². The number of nitrogens with zero attached hydrogens (tertiary/aromatic N) is 1. The van der Waals surface area contributed by atoms with Crippen molar-refractivity contribution in [3.8, 4) is 0 Å². The third-order valence-electron chi connectivity index (χ3n) is 5.02. The van der Waals surface area contributed by atoms with E-state index < -0.39 is 0 Å². The van der Waals surface area contributed by atoms with Crippen LogP contribution < -0.4 is 20.9 Å². The zero-order chi connectivity index (χ0) is 20.4. The van der Waals surface area contributed by atoms with E-state index >= 15 is 0 Å². The number of aryl methyl sites for hydroxylation is 2. The van der Waals surface area contributed by atoms with E-state index in [4.69, 9.17) is 12.2 Å². The van der Waals surface area contributed by atoms with Crippen LogP contribution in [0.4, 0.5) is 11.4 Å². The molecule has 0 spiro atoms. The van der Waals surface area contributed by atoms with Crippen molar-refractivity contribution < 1.29 is 4.79 Å². The van der Waals surface area contributed by atoms with Gasteiger partial charge in [-0.25, -0.2) is 0 Å². The molecule has 2 aromatic rings. The molecule has 1 atom stereocenters. The molecule has 1 aliphatic heterocycles. The highest BCUT2D eigenvalue weighted by Gasteiger charge is 2.30. The molecule has 146 valence electrons. The second-order valence-electron chi connectivity index (χ2n) is 7.31. The topological polar surface area (TPSA) is 56.4 Å². The number of hydrogen-bond acceptors (Lipinski definition) is 3. The van der Waals surface area contributed by atoms with Gasteiger partial charge < -0.3 is 20.9 Å². The average Bonchev–Trinajstić information content (AvgIpc) is 2.64. The molecule has 0 aromatic heterocycles. The highest BCUT2D eigenvalue weighted by Crippen LogP contribution is 2.29. The van der Waals surface area contributed by atoms with E-state index in [2.05, 4.69) is 22.9 Å². The average molecular weight is 395 g/mol. The van der Waals surface area contributed by atoms with Crippen LogP contribution in [0.2, 0.25) is 0 Å². The van der Waals surface area contributed by atoms with Crippen molar-refractivity contribution in [3.63, 3.8) is 0 Å². The molecule has 0 saturated carbocycles. The lowest BCUT2D eigenvalue weighted by Gasteiger charge is -2.30. The first-order valence-corrected chi connectivity index (χ1v) is 9.61. The maximum absolute atomic E-state index is 13.1. The summed E-state index contributed by atoms with van der Waals surface area (Å²) in [5, 5.41) is 9.86. The van der Waals surface area contributed by atoms with E-state index in [9.17, 15) is 4.79 Å². The Bertz CT molecular complexity index is 948. The van der Waals surface area contributed by atoms with Gasteiger partial charge in [0, 0.05) is 31.2 Å². The van der Waals surface area contributed by atoms with Crippen LogP contribution in [-0.4, -0.2) is 25.1 Å². The Morgan fingerprint density at radius 3 is 2.32 bits per heavy atom. The Balaban J connectivity index is 1.92. The number of hydrogen-bond donors (Lipinski definition) is 3. The second-order valence-corrected chi connectivity index (χ2v) is 7.72. The van der Waals surface area contributed by atoms with Gasteiger partial charge in [-0.2, -0.15) is 0 Å². The van der Waals surface area contributed by atoms with Crippen molar-refractivity contribution in [3.05, 3.63) is 70.4 Å². The van der Waals surface area contributed by atoms with Gasteiger partial charge in [-0.1, -0.05) is 18.2 Å². The number of carbonyl (C=O) groups excluding carboxylic acids is 1. The molecule has 0 saturated heterocycles. The zero-order valence-electron chi connectivity index (χ0n) is 16.9. The van der Waals surface area contributed by atoms with Crippen LogP contribution in [0.15, 0.2) is 53.7 Å². The summed E-state index contributed by atoms with van der Waals surface area (Å²) in [6.45, 7) is 5.97. The molecular weight excluding hydrogens is 368 g/mol. The fourth-order valence-corrected chi connectivity index (χ4v) is 3.50. The summed E-state index contributed by atoms with van der Waals surface area (Å²) >= 11 is 5.33. The minimum atomic E-state index is -0.309. The van der Waals surface area contributed by atoms with E-state index in [0.29, 0.717) is 10.7 Å². The monoisotopic (exact) mass is 394 g/mol. The first-order chi connectivity index (χ1) is 13.3. The zero-order valence-corrected chi connectivity index (χ0v) is 17.7. The molecule has 0 bridgehead atoms. The Kier molecular flexibility index (Phi) is 5.70. The van der Waals surface area contributed by atoms with E-state index in [1.165, 1.54) is 5.56 Å². The second kappa shape index (κ2) is 8.02. The van der Waals surface area contributed by atoms with E-state index in [1.54, 1.807) is 0 Å². The molecule has 1 amide bonds. The Hall–Kier alpha value is -2.86. The summed E-state index contributed by atoms with van der Waals surface area (Å²) in [6.07, 6.45) is 0. The van der Waals surface area contributed by atoms with Crippen molar-refractivity contribution in [1.82, 2.24) is 10.6 Å². The summed E-state index contributed by atoms with van der Waals surface area (Å²) < 4.78 is 0. The molecule has 2 aromatic carbocycles. The standard InChI is InChI=1S/C22H26N4OS/c1-13-6-9-17(12-14(13)2)24-21(27)19-15(3)23-22(28)25-20(19)16-7-10-18(11-8-16)26(4)5/h6-12,20H,1-5H3,(H,24,27)(H2,23,25,28)/t20-/m1/s1. The third-order valence-corrected chi connectivity index (χ3v) is 5.24. The van der Waals surface area contributed by atoms with Crippen molar-refractivity contribution in [2.45, 2.75) is 26.8 Å². The number of thiocarbonyl (C=S) groups is 1. The van der Waals surface area contributed by atoms with Crippen LogP contribution >= 0.6 is 12.2 Å². The molecular formula is C22H26N4OS. The van der Waals surface area contributed by atoms with Gasteiger partial charge >= 0.3 is 0 Å². The predicted octanol–water partition coefficient (Wildman–Crippen LogP) is 3.80. The van der Waals surface area contributed by atoms with Crippen LogP contribution in [0.5, 0.6) is 0 Å². The SMILES string of the molecule is CC1=C(C(=O)Nc2ccc(C)c(C)c2)[C@@H](c2ccc(N(C)C)cc2)NC(=S)N1. The van der Waals surface area contributed by atoms with Crippen LogP contribution in [0.25, 0.3) is 0 Å². The molecule has 3 rings (SSSR count). The molecule has 0 aliphatic carbocycles. The molecule has 5 nitrogen and oxygen atoms in total. The number of amides is 1. The van der Waals surface area contributed by atoms with Gasteiger partial charge in [0.05, 0.1) is 11.6 Å². The van der Waals surface area contributed by atoms with Crippen LogP contribution in [0, 0.1) is 13.8 Å². The fourth-order valence-electron chi connectivity index (χ4n) is 3.23. The molecule has 0 unspecified atom stereocenters. The lowest BCUT2D eigenvalue weighted by molar-refractivity contribution is -0.113. The number of allylic oxidation sites excluding steroid dienone is 1. The third kappa shape index (κ3) is 4.17. The normalized spacial score (nSPS) is 16.3. The van der Waals surface area contributed by atoms with Crippen LogP contribution in [-0.2, 0) is 4.79 Å². The number of rotatable bonds is 4. The van der Waals surface area contributed by atoms with Gasteiger partial charge in [0.15, 0.2) is 5.11 Å². The van der Waals surface area contributed by atoms with Gasteiger partial charge in [-0.15, -0.1) is 0 Å². The summed E-state index contributed by atoms with van der Waals surface area (Å²) in [5.74, 6) is -0.148. The summed E-state index contributed by atoms with van der Waals surface area (Å²) in [6, 6.07) is 13.7. The largest absolute Gasteiger partial charge is 0.378 e. The highest BCUT2D eigenvalue weighted by atomic mass is 32.1. The molecule has 6 heteroatoms. The minimum absolute atomic E-state index is 0.148. The van der Waals surface area contributed by atoms with Gasteiger partial charge in [-0.3, -0.25) is 4.79 Å². The predicted molar refractivity (Wildman–Crippen MR) is 120 cm³/mol. The number of anilines is 2. The van der Waals surface area contributed by atoms with Crippen molar-refractivity contribution in [2.24, 2.45) is 0 Å². The Labute approximate surface area is 171 Å². The Morgan fingerprint density at radius 1 is 1.04 bits per heavy atom. The maximum Gasteiger partial charge on any atom is 0.255 e. The molecule has 0 fully saturated rings. The lowest BCUT2D eigenvalue weighted by Crippen LogP contribution is -2.45. The van der Waals surface area contributed by atoms with Gasteiger partial charge in [0.1, 0.15) is 0 Å². The van der Waals surface area contributed by atoms with E-state index in [0.717, 1.165) is 28.2 Å². The molecule has 1 aliphatic rings. The number of carbonyl (C=O) groups is 1. The van der Waals surface area contributed by atoms with Crippen molar-refractivity contribution in [2.75, 3.05) is 24.3 Å². The van der Waals surface area contributed by atoms with Crippen molar-refractivity contribution >= 4 is 34.6 Å². The number of nitrogens with one attached hydrogen (secondary N) is 3. The van der Waals surface area contributed by atoms with Gasteiger partial charge in [-0.05, 0) is 73.9 Å². The van der Waals surface area contributed by atoms with Crippen molar-refractivity contribution in [1.29, 1.82) is 0 Å². The van der Waals surface area contributed by atoms with Crippen LogP contribution in [0.1, 0.15) is 29.7 Å². The highest BCUT2D eigenvalue weighted by molar-refractivity contribution is 7.80. The minimum Gasteiger partial charge on any atom is -0.378 e. The summed E-state index contributed by atoms with van der Waals surface area (Å²) in [4.78, 5) is 15.2. The molecule has 3 N–H and O–H groups in total. The van der Waals surface area contributed by atoms with E-state index in [-0.39, 0.29) is 11.9 Å². The Morgan fingerprint density at radius 2 is 1.71 bits per heavy atom. The summed E-state index contributed by atoms with van der Waals surface area (Å²) in [7, 11) is 4.00. The van der Waals surface area contributed by atoms with Gasteiger partial charge in [0.2, 0.25) is 0 Å². The first kappa shape index (κ1) is 19.9. The lowest BCUT2D eigenvalue weighted by atomic mass is 9.94. The smallest absolute Gasteiger partial charge is 0.255 e. The fraction of sp³-hybridized carbons (Fsp3) is 0.273. The maximum atomic E-state index is 13.1. The quantitative estimate of drug-likeness (QED) is 0.689. The molecule has 28 heavy (non-hydrogen) atoms. The molecule has 0 radical (unpaired) electrons.